The van der Waals surface area contributed by atoms with Gasteiger partial charge in [-0.05, 0) is 0 Å². The van der Waals surface area contributed by atoms with Crippen molar-refractivity contribution in [1.29, 1.82) is 0 Å². The predicted octanol–water partition coefficient (Wildman–Crippen LogP) is 0.631. The fourth-order valence-corrected chi connectivity index (χ4v) is 0.567. The minimum atomic E-state index is -4.66. The van der Waals surface area contributed by atoms with Crippen LogP contribution < -0.4 is 5.10 Å². The fraction of sp³-hybridized carbons (Fsp3) is 0.400. The molecule has 0 amide bonds. The molecule has 0 N–H and O–H groups in total. The highest BCUT2D eigenvalue weighted by Crippen LogP contribution is 2.17. The molecule has 1 rings (SSSR count). The van der Waals surface area contributed by atoms with Gasteiger partial charge in [0.25, 0.3) is 0 Å². The molecular formula is C5H5F3N2O+. The molecular weight excluding hydrogens is 161 g/mol. The Morgan fingerprint density at radius 2 is 2.18 bits per heavy atom. The summed E-state index contributed by atoms with van der Waals surface area (Å²) in [6, 6.07) is 0. The van der Waals surface area contributed by atoms with Gasteiger partial charge in [-0.1, -0.05) is 5.01 Å². The van der Waals surface area contributed by atoms with Gasteiger partial charge in [0.05, 0.1) is 19.3 Å². The highest BCUT2D eigenvalue weighted by molar-refractivity contribution is 5.87. The highest BCUT2D eigenvalue weighted by atomic mass is 19.4. The number of ether oxygens (including phenoxy) is 1. The molecule has 0 fully saturated rings. The Labute approximate surface area is 60.7 Å². The van der Waals surface area contributed by atoms with Crippen molar-refractivity contribution in [3.63, 3.8) is 0 Å². The van der Waals surface area contributed by atoms with Crippen LogP contribution in [0, 0.1) is 0 Å². The van der Waals surface area contributed by atoms with E-state index in [4.69, 9.17) is 0 Å². The first-order valence-electron chi connectivity index (χ1n) is 2.73. The molecule has 11 heavy (non-hydrogen) atoms. The molecule has 0 aromatic rings. The van der Waals surface area contributed by atoms with Crippen LogP contribution in [0.3, 0.4) is 0 Å². The summed E-state index contributed by atoms with van der Waals surface area (Å²) in [7, 11) is 1.50. The average molecular weight is 166 g/mol. The topological polar surface area (TPSA) is 26.6 Å². The van der Waals surface area contributed by atoms with Crippen LogP contribution in [-0.2, 0) is 4.74 Å². The first-order chi connectivity index (χ1) is 4.97. The molecule has 0 saturated carbocycles. The lowest BCUT2D eigenvalue weighted by Crippen LogP contribution is -2.22. The van der Waals surface area contributed by atoms with Gasteiger partial charge in [-0.25, -0.2) is 0 Å². The zero-order chi connectivity index (χ0) is 8.48. The van der Waals surface area contributed by atoms with Crippen LogP contribution in [0.1, 0.15) is 0 Å². The Bertz CT molecular complexity index is 208. The smallest absolute Gasteiger partial charge is 0.344 e. The second-order valence-electron chi connectivity index (χ2n) is 1.88. The lowest BCUT2D eigenvalue weighted by atomic mass is 10.6. The summed E-state index contributed by atoms with van der Waals surface area (Å²) in [5.74, 6) is -0.444. The Hall–Kier alpha value is -1.20. The van der Waals surface area contributed by atoms with Crippen molar-refractivity contribution in [3.8, 4) is 0 Å². The van der Waals surface area contributed by atoms with Crippen molar-refractivity contribution in [2.75, 3.05) is 7.05 Å². The molecule has 0 bridgehead atoms. The zero-order valence-electron chi connectivity index (χ0n) is 5.59. The van der Waals surface area contributed by atoms with Gasteiger partial charge in [0, 0.05) is 0 Å². The fourth-order valence-electron chi connectivity index (χ4n) is 0.567. The van der Waals surface area contributed by atoms with E-state index in [-0.39, 0.29) is 0 Å². The maximum Gasteiger partial charge on any atom is 0.577 e. The largest absolute Gasteiger partial charge is 0.577 e. The molecule has 0 spiro atoms. The second kappa shape index (κ2) is 2.44. The third-order valence-corrected chi connectivity index (χ3v) is 0.909. The van der Waals surface area contributed by atoms with Crippen LogP contribution in [0.4, 0.5) is 13.2 Å². The van der Waals surface area contributed by atoms with Crippen LogP contribution in [0.2, 0.25) is 0 Å². The van der Waals surface area contributed by atoms with Crippen LogP contribution in [-0.4, -0.2) is 24.3 Å². The number of hydrogen-bond donors (Lipinski definition) is 0. The SMILES string of the molecule is CN1C=CC(OC(F)(F)F)=[N+]1. The molecule has 61 valence electrons. The van der Waals surface area contributed by atoms with E-state index < -0.39 is 12.3 Å². The van der Waals surface area contributed by atoms with E-state index >= 15 is 0 Å². The molecule has 0 saturated heterocycles. The van der Waals surface area contributed by atoms with Gasteiger partial charge in [0.15, 0.2) is 0 Å². The van der Waals surface area contributed by atoms with Crippen molar-refractivity contribution in [1.82, 2.24) is 10.1 Å². The van der Waals surface area contributed by atoms with E-state index in [0.29, 0.717) is 0 Å². The molecule has 1 aliphatic heterocycles. The lowest BCUT2D eigenvalue weighted by Gasteiger charge is -1.99. The van der Waals surface area contributed by atoms with Gasteiger partial charge >= 0.3 is 12.3 Å². The van der Waals surface area contributed by atoms with Crippen LogP contribution in [0.15, 0.2) is 12.3 Å². The van der Waals surface area contributed by atoms with Gasteiger partial charge < -0.3 is 4.74 Å². The number of halogens is 3. The van der Waals surface area contributed by atoms with Crippen LogP contribution in [0.5, 0.6) is 0 Å². The Balaban J connectivity index is 2.53. The molecule has 6 heteroatoms. The summed E-state index contributed by atoms with van der Waals surface area (Å²) in [5, 5.41) is 4.59. The summed E-state index contributed by atoms with van der Waals surface area (Å²) in [5.41, 5.74) is 0. The van der Waals surface area contributed by atoms with Gasteiger partial charge in [-0.2, -0.15) is 0 Å². The predicted molar refractivity (Wildman–Crippen MR) is 31.2 cm³/mol. The normalized spacial score (nSPS) is 17.1. The standard InChI is InChI=1S/C5H5F3N2O/c1-10-3-2-4(9-10)11-5(6,7)8/h2-3H,1H3/q+1. The van der Waals surface area contributed by atoms with E-state index in [1.54, 1.807) is 0 Å². The second-order valence-corrected chi connectivity index (χ2v) is 1.88. The third kappa shape index (κ3) is 2.48. The quantitative estimate of drug-likeness (QED) is 0.527. The maximum absolute atomic E-state index is 11.5. The summed E-state index contributed by atoms with van der Waals surface area (Å²) in [6.45, 7) is 0. The van der Waals surface area contributed by atoms with Crippen LogP contribution >= 0.6 is 0 Å². The maximum atomic E-state index is 11.5. The molecule has 1 radical (unpaired) electrons. The van der Waals surface area contributed by atoms with Crippen molar-refractivity contribution < 1.29 is 17.9 Å². The van der Waals surface area contributed by atoms with Crippen LogP contribution in [0.25, 0.3) is 0 Å². The van der Waals surface area contributed by atoms with Crippen molar-refractivity contribution in [2.24, 2.45) is 0 Å². The minimum Gasteiger partial charge on any atom is -0.344 e. The van der Waals surface area contributed by atoms with E-state index in [0.717, 1.165) is 6.08 Å². The monoisotopic (exact) mass is 166 g/mol. The van der Waals surface area contributed by atoms with Crippen molar-refractivity contribution in [3.05, 3.63) is 12.3 Å². The van der Waals surface area contributed by atoms with E-state index in [9.17, 15) is 13.2 Å². The molecule has 0 atom stereocenters. The number of nitrogens with zero attached hydrogens (tertiary/aromatic N) is 2. The van der Waals surface area contributed by atoms with Crippen molar-refractivity contribution >= 4 is 5.90 Å². The molecule has 0 aromatic heterocycles. The lowest BCUT2D eigenvalue weighted by molar-refractivity contribution is -0.283. The summed E-state index contributed by atoms with van der Waals surface area (Å²) < 4.78 is 37.9. The molecule has 0 aliphatic carbocycles. The number of hydrogen-bond acceptors (Lipinski definition) is 3. The first-order valence-corrected chi connectivity index (χ1v) is 2.73. The minimum absolute atomic E-state index is 0.444. The molecule has 0 unspecified atom stereocenters. The summed E-state index contributed by atoms with van der Waals surface area (Å²) >= 11 is 0. The third-order valence-electron chi connectivity index (χ3n) is 0.909. The zero-order valence-corrected chi connectivity index (χ0v) is 5.59. The molecule has 1 heterocycles. The van der Waals surface area contributed by atoms with Gasteiger partial charge in [-0.15, -0.1) is 13.2 Å². The number of hydrazone groups is 1. The first kappa shape index (κ1) is 7.90. The Kier molecular flexibility index (Phi) is 1.76. The van der Waals surface area contributed by atoms with Gasteiger partial charge in [-0.3, -0.25) is 0 Å². The molecule has 0 aromatic carbocycles. The van der Waals surface area contributed by atoms with Crippen molar-refractivity contribution in [2.45, 2.75) is 6.36 Å². The van der Waals surface area contributed by atoms with E-state index in [1.165, 1.54) is 18.3 Å². The molecule has 3 nitrogen and oxygen atoms in total. The highest BCUT2D eigenvalue weighted by Gasteiger charge is 2.38. The van der Waals surface area contributed by atoms with Gasteiger partial charge in [0.2, 0.25) is 5.10 Å². The Morgan fingerprint density at radius 1 is 1.55 bits per heavy atom. The summed E-state index contributed by atoms with van der Waals surface area (Å²) in [6.07, 6.45) is -2.16. The van der Waals surface area contributed by atoms with E-state index in [1.807, 2.05) is 0 Å². The Morgan fingerprint density at radius 3 is 2.55 bits per heavy atom. The summed E-state index contributed by atoms with van der Waals surface area (Å²) in [4.78, 5) is 0. The average Bonchev–Trinajstić information content (AvgIpc) is 2.10. The number of rotatable bonds is 0. The number of alkyl halides is 3. The molecule has 1 aliphatic rings. The van der Waals surface area contributed by atoms with Gasteiger partial charge in [0.1, 0.15) is 0 Å². The van der Waals surface area contributed by atoms with E-state index in [2.05, 4.69) is 9.84 Å².